The number of benzene rings is 1. The first-order valence-electron chi connectivity index (χ1n) is 7.97. The van der Waals surface area contributed by atoms with Crippen molar-refractivity contribution < 1.29 is 9.15 Å². The van der Waals surface area contributed by atoms with E-state index in [9.17, 15) is 0 Å². The minimum Gasteiger partial charge on any atom is -0.476 e. The van der Waals surface area contributed by atoms with Crippen molar-refractivity contribution in [3.63, 3.8) is 0 Å². The highest BCUT2D eigenvalue weighted by Crippen LogP contribution is 2.28. The van der Waals surface area contributed by atoms with Crippen molar-refractivity contribution in [1.29, 1.82) is 0 Å². The molecule has 1 aromatic carbocycles. The molecule has 0 saturated heterocycles. The minimum absolute atomic E-state index is 0.650. The molecule has 23 heavy (non-hydrogen) atoms. The van der Waals surface area contributed by atoms with Crippen LogP contribution in [0, 0.1) is 13.8 Å². The van der Waals surface area contributed by atoms with Gasteiger partial charge in [-0.05, 0) is 49.2 Å². The number of pyridine rings is 1. The van der Waals surface area contributed by atoms with E-state index in [0.717, 1.165) is 42.4 Å². The van der Waals surface area contributed by atoms with Gasteiger partial charge in [-0.15, -0.1) is 0 Å². The van der Waals surface area contributed by atoms with Crippen LogP contribution in [0.1, 0.15) is 22.5 Å². The number of rotatable bonds is 2. The molecule has 0 N–H and O–H groups in total. The van der Waals surface area contributed by atoms with Crippen molar-refractivity contribution in [2.45, 2.75) is 26.9 Å². The van der Waals surface area contributed by atoms with Gasteiger partial charge in [-0.2, -0.15) is 0 Å². The highest BCUT2D eigenvalue weighted by Gasteiger charge is 2.19. The Kier molecular flexibility index (Phi) is 3.54. The standard InChI is InChI=1S/C19H20N2O2/c1-13-8-14(2)17-10-15-11-21(12-16-4-3-6-22-16)5-7-23-19(15)20-18(17)9-13/h3-4,6,8-10H,5,7,11-12H2,1-2H3. The smallest absolute Gasteiger partial charge is 0.218 e. The lowest BCUT2D eigenvalue weighted by atomic mass is 10.0. The van der Waals surface area contributed by atoms with Crippen molar-refractivity contribution in [2.75, 3.05) is 13.2 Å². The van der Waals surface area contributed by atoms with Crippen molar-refractivity contribution in [2.24, 2.45) is 0 Å². The second kappa shape index (κ2) is 5.70. The van der Waals surface area contributed by atoms with Crippen LogP contribution in [0.5, 0.6) is 5.88 Å². The second-order valence-corrected chi connectivity index (χ2v) is 6.24. The molecule has 0 atom stereocenters. The number of hydrogen-bond donors (Lipinski definition) is 0. The maximum atomic E-state index is 5.90. The highest BCUT2D eigenvalue weighted by atomic mass is 16.5. The summed E-state index contributed by atoms with van der Waals surface area (Å²) in [5, 5.41) is 1.21. The molecule has 1 aliphatic rings. The van der Waals surface area contributed by atoms with Crippen LogP contribution in [0.25, 0.3) is 10.9 Å². The molecule has 118 valence electrons. The predicted octanol–water partition coefficient (Wildman–Crippen LogP) is 3.84. The molecule has 3 heterocycles. The van der Waals surface area contributed by atoms with E-state index in [4.69, 9.17) is 14.1 Å². The Labute approximate surface area is 135 Å². The zero-order valence-electron chi connectivity index (χ0n) is 13.5. The Balaban J connectivity index is 1.70. The molecule has 0 unspecified atom stereocenters. The van der Waals surface area contributed by atoms with Gasteiger partial charge < -0.3 is 9.15 Å². The van der Waals surface area contributed by atoms with Gasteiger partial charge in [0, 0.05) is 24.0 Å². The lowest BCUT2D eigenvalue weighted by Crippen LogP contribution is -2.24. The van der Waals surface area contributed by atoms with E-state index in [-0.39, 0.29) is 0 Å². The zero-order valence-corrected chi connectivity index (χ0v) is 13.5. The fraction of sp³-hybridized carbons (Fsp3) is 0.316. The molecule has 3 aromatic rings. The van der Waals surface area contributed by atoms with E-state index >= 15 is 0 Å². The first-order valence-corrected chi connectivity index (χ1v) is 7.97. The van der Waals surface area contributed by atoms with Crippen molar-refractivity contribution in [3.05, 3.63) is 59.0 Å². The highest BCUT2D eigenvalue weighted by molar-refractivity contribution is 5.84. The molecule has 0 saturated carbocycles. The Morgan fingerprint density at radius 2 is 2.13 bits per heavy atom. The molecule has 0 bridgehead atoms. The Morgan fingerprint density at radius 3 is 2.96 bits per heavy atom. The molecule has 0 amide bonds. The van der Waals surface area contributed by atoms with Gasteiger partial charge in [-0.1, -0.05) is 6.07 Å². The van der Waals surface area contributed by atoms with Crippen LogP contribution in [0.15, 0.2) is 41.0 Å². The molecule has 0 radical (unpaired) electrons. The fourth-order valence-corrected chi connectivity index (χ4v) is 3.24. The summed E-state index contributed by atoms with van der Waals surface area (Å²) < 4.78 is 11.4. The molecule has 4 heteroatoms. The number of nitrogens with zero attached hydrogens (tertiary/aromatic N) is 2. The summed E-state index contributed by atoms with van der Waals surface area (Å²) in [5.41, 5.74) is 4.65. The summed E-state index contributed by atoms with van der Waals surface area (Å²) in [6.45, 7) is 7.38. The summed E-state index contributed by atoms with van der Waals surface area (Å²) >= 11 is 0. The minimum atomic E-state index is 0.650. The number of hydrogen-bond acceptors (Lipinski definition) is 4. The molecule has 4 nitrogen and oxygen atoms in total. The first kappa shape index (κ1) is 14.3. The maximum Gasteiger partial charge on any atom is 0.218 e. The number of aromatic nitrogens is 1. The zero-order chi connectivity index (χ0) is 15.8. The third kappa shape index (κ3) is 2.82. The quantitative estimate of drug-likeness (QED) is 0.721. The van der Waals surface area contributed by atoms with E-state index in [2.05, 4.69) is 36.9 Å². The summed E-state index contributed by atoms with van der Waals surface area (Å²) in [6, 6.07) is 10.5. The molecule has 0 spiro atoms. The lowest BCUT2D eigenvalue weighted by Gasteiger charge is -2.17. The number of furan rings is 1. The summed E-state index contributed by atoms with van der Waals surface area (Å²) in [6.07, 6.45) is 1.72. The van der Waals surface area contributed by atoms with Crippen LogP contribution >= 0.6 is 0 Å². The monoisotopic (exact) mass is 308 g/mol. The Bertz CT molecular complexity index is 840. The van der Waals surface area contributed by atoms with Crippen LogP contribution in [-0.2, 0) is 13.1 Å². The Hall–Kier alpha value is -2.33. The third-order valence-corrected chi connectivity index (χ3v) is 4.32. The summed E-state index contributed by atoms with van der Waals surface area (Å²) in [5.74, 6) is 1.75. The molecule has 4 rings (SSSR count). The van der Waals surface area contributed by atoms with Gasteiger partial charge >= 0.3 is 0 Å². The lowest BCUT2D eigenvalue weighted by molar-refractivity contribution is 0.205. The SMILES string of the molecule is Cc1cc(C)c2cc3c(nc2c1)OCCN(Cc1ccco1)C3. The summed E-state index contributed by atoms with van der Waals surface area (Å²) in [4.78, 5) is 7.09. The van der Waals surface area contributed by atoms with Crippen LogP contribution in [0.4, 0.5) is 0 Å². The summed E-state index contributed by atoms with van der Waals surface area (Å²) in [7, 11) is 0. The van der Waals surface area contributed by atoms with E-state index in [1.54, 1.807) is 6.26 Å². The Morgan fingerprint density at radius 1 is 1.22 bits per heavy atom. The largest absolute Gasteiger partial charge is 0.476 e. The molecule has 0 aliphatic carbocycles. The second-order valence-electron chi connectivity index (χ2n) is 6.24. The van der Waals surface area contributed by atoms with Crippen LogP contribution in [-0.4, -0.2) is 23.0 Å². The van der Waals surface area contributed by atoms with Gasteiger partial charge in [0.25, 0.3) is 0 Å². The van der Waals surface area contributed by atoms with Gasteiger partial charge in [0.2, 0.25) is 5.88 Å². The third-order valence-electron chi connectivity index (χ3n) is 4.32. The van der Waals surface area contributed by atoms with Crippen LogP contribution < -0.4 is 4.74 Å². The van der Waals surface area contributed by atoms with Crippen LogP contribution in [0.2, 0.25) is 0 Å². The molecular formula is C19H20N2O2. The topological polar surface area (TPSA) is 38.5 Å². The molecule has 2 aromatic heterocycles. The van der Waals surface area contributed by atoms with E-state index in [1.807, 2.05) is 12.1 Å². The van der Waals surface area contributed by atoms with Crippen LogP contribution in [0.3, 0.4) is 0 Å². The molecule has 0 fully saturated rings. The van der Waals surface area contributed by atoms with Crippen molar-refractivity contribution >= 4 is 10.9 Å². The first-order chi connectivity index (χ1) is 11.2. The van der Waals surface area contributed by atoms with Gasteiger partial charge in [-0.25, -0.2) is 4.98 Å². The predicted molar refractivity (Wildman–Crippen MR) is 89.5 cm³/mol. The van der Waals surface area contributed by atoms with E-state index in [0.29, 0.717) is 6.61 Å². The van der Waals surface area contributed by atoms with Crippen molar-refractivity contribution in [1.82, 2.24) is 9.88 Å². The van der Waals surface area contributed by atoms with Crippen molar-refractivity contribution in [3.8, 4) is 5.88 Å². The maximum absolute atomic E-state index is 5.90. The van der Waals surface area contributed by atoms with Gasteiger partial charge in [-0.3, -0.25) is 4.90 Å². The fourth-order valence-electron chi connectivity index (χ4n) is 3.24. The van der Waals surface area contributed by atoms with E-state index in [1.165, 1.54) is 16.5 Å². The van der Waals surface area contributed by atoms with E-state index < -0.39 is 0 Å². The van der Waals surface area contributed by atoms with Gasteiger partial charge in [0.1, 0.15) is 12.4 Å². The normalized spacial score (nSPS) is 15.2. The van der Waals surface area contributed by atoms with Gasteiger partial charge in [0.15, 0.2) is 0 Å². The number of fused-ring (bicyclic) bond motifs is 2. The van der Waals surface area contributed by atoms with Gasteiger partial charge in [0.05, 0.1) is 18.3 Å². The number of aryl methyl sites for hydroxylation is 2. The molecule has 1 aliphatic heterocycles. The molecular weight excluding hydrogens is 288 g/mol. The number of ether oxygens (including phenoxy) is 1. The average Bonchev–Trinajstić information content (AvgIpc) is 2.93. The average molecular weight is 308 g/mol.